The number of hydrogen-bond donors (Lipinski definition) is 2. The number of amides is 1. The maximum Gasteiger partial charge on any atom is 0.334 e. The molecule has 1 aliphatic rings. The Hall–Kier alpha value is -1.40. The summed E-state index contributed by atoms with van der Waals surface area (Å²) in [7, 11) is 0. The fraction of sp³-hybridized carbons (Fsp3) is 0.600. The van der Waals surface area contributed by atoms with Gasteiger partial charge in [-0.2, -0.15) is 0 Å². The predicted molar refractivity (Wildman–Crippen MR) is 57.0 cm³/mol. The van der Waals surface area contributed by atoms with Gasteiger partial charge in [0.05, 0.1) is 13.2 Å². The lowest BCUT2D eigenvalue weighted by molar-refractivity contribution is -0.156. The summed E-state index contributed by atoms with van der Waals surface area (Å²) in [5.41, 5.74) is 0. The van der Waals surface area contributed by atoms with Gasteiger partial charge in [-0.1, -0.05) is 6.08 Å². The molecule has 1 unspecified atom stereocenters. The molecule has 1 fully saturated rings. The molecule has 0 aliphatic carbocycles. The normalized spacial score (nSPS) is 21.4. The van der Waals surface area contributed by atoms with E-state index in [4.69, 9.17) is 9.84 Å². The highest BCUT2D eigenvalue weighted by atomic mass is 16.5. The van der Waals surface area contributed by atoms with Crippen LogP contribution in [0.3, 0.4) is 0 Å². The van der Waals surface area contributed by atoms with Gasteiger partial charge < -0.3 is 15.2 Å². The quantitative estimate of drug-likeness (QED) is 0.595. The third kappa shape index (κ3) is 4.00. The van der Waals surface area contributed by atoms with Crippen LogP contribution in [0.2, 0.25) is 0 Å². The molecule has 1 rings (SSSR count). The minimum absolute atomic E-state index is 0.133. The van der Waals surface area contributed by atoms with Crippen LogP contribution < -0.4 is 5.32 Å². The van der Waals surface area contributed by atoms with Gasteiger partial charge in [0.2, 0.25) is 5.91 Å². The van der Waals surface area contributed by atoms with Crippen LogP contribution in [0.25, 0.3) is 0 Å². The number of carbonyl (C=O) groups excluding carboxylic acids is 1. The zero-order chi connectivity index (χ0) is 12.0. The van der Waals surface area contributed by atoms with Crippen molar-refractivity contribution in [2.45, 2.75) is 6.10 Å². The van der Waals surface area contributed by atoms with Crippen molar-refractivity contribution < 1.29 is 19.4 Å². The molecule has 0 bridgehead atoms. The number of carboxylic acid groups (broad SMARTS) is 1. The molecule has 6 heteroatoms. The molecule has 0 radical (unpaired) electrons. The monoisotopic (exact) mass is 228 g/mol. The van der Waals surface area contributed by atoms with Gasteiger partial charge in [-0.15, -0.1) is 6.58 Å². The molecular formula is C10H16N2O4. The first kappa shape index (κ1) is 12.7. The van der Waals surface area contributed by atoms with Crippen LogP contribution in [0.4, 0.5) is 0 Å². The van der Waals surface area contributed by atoms with E-state index in [-0.39, 0.29) is 19.0 Å². The van der Waals surface area contributed by atoms with Crippen LogP contribution in [0.15, 0.2) is 12.7 Å². The van der Waals surface area contributed by atoms with Crippen LogP contribution in [-0.2, 0) is 14.3 Å². The van der Waals surface area contributed by atoms with Crippen molar-refractivity contribution in [1.29, 1.82) is 0 Å². The number of ether oxygens (including phenoxy) is 1. The molecule has 0 saturated carbocycles. The second-order valence-corrected chi connectivity index (χ2v) is 3.53. The number of hydrogen-bond acceptors (Lipinski definition) is 4. The number of morpholine rings is 1. The highest BCUT2D eigenvalue weighted by molar-refractivity contribution is 5.78. The first-order valence-electron chi connectivity index (χ1n) is 5.08. The Morgan fingerprint density at radius 3 is 3.00 bits per heavy atom. The molecule has 1 heterocycles. The van der Waals surface area contributed by atoms with Gasteiger partial charge in [-0.05, 0) is 0 Å². The van der Waals surface area contributed by atoms with E-state index < -0.39 is 12.1 Å². The van der Waals surface area contributed by atoms with Gasteiger partial charge >= 0.3 is 5.97 Å². The van der Waals surface area contributed by atoms with E-state index in [0.717, 1.165) is 0 Å². The Labute approximate surface area is 93.9 Å². The van der Waals surface area contributed by atoms with Crippen LogP contribution >= 0.6 is 0 Å². The molecule has 0 aromatic heterocycles. The molecule has 0 aromatic rings. The lowest BCUT2D eigenvalue weighted by Crippen LogP contribution is -2.49. The molecule has 1 saturated heterocycles. The Bertz CT molecular complexity index is 280. The van der Waals surface area contributed by atoms with Crippen molar-refractivity contribution in [2.24, 2.45) is 0 Å². The molecular weight excluding hydrogens is 212 g/mol. The van der Waals surface area contributed by atoms with Crippen molar-refractivity contribution >= 4 is 11.9 Å². The first-order valence-corrected chi connectivity index (χ1v) is 5.08. The number of carboxylic acids is 1. The summed E-state index contributed by atoms with van der Waals surface area (Å²) in [5, 5.41) is 11.4. The summed E-state index contributed by atoms with van der Waals surface area (Å²) in [6, 6.07) is 0. The third-order valence-electron chi connectivity index (χ3n) is 2.24. The zero-order valence-electron chi connectivity index (χ0n) is 9.02. The second-order valence-electron chi connectivity index (χ2n) is 3.53. The summed E-state index contributed by atoms with van der Waals surface area (Å²) in [5.74, 6) is -1.12. The second kappa shape index (κ2) is 6.24. The number of nitrogens with one attached hydrogen (secondary N) is 1. The van der Waals surface area contributed by atoms with Crippen molar-refractivity contribution in [1.82, 2.24) is 10.2 Å². The van der Waals surface area contributed by atoms with E-state index >= 15 is 0 Å². The summed E-state index contributed by atoms with van der Waals surface area (Å²) in [6.07, 6.45) is 0.762. The van der Waals surface area contributed by atoms with Gasteiger partial charge in [0.15, 0.2) is 6.10 Å². The maximum absolute atomic E-state index is 11.4. The summed E-state index contributed by atoms with van der Waals surface area (Å²) < 4.78 is 5.04. The summed E-state index contributed by atoms with van der Waals surface area (Å²) in [6.45, 7) is 5.27. The Balaban J connectivity index is 2.33. The molecule has 16 heavy (non-hydrogen) atoms. The molecule has 0 spiro atoms. The number of carbonyl (C=O) groups is 2. The Morgan fingerprint density at radius 1 is 1.62 bits per heavy atom. The highest BCUT2D eigenvalue weighted by Crippen LogP contribution is 2.04. The minimum atomic E-state index is -0.990. The third-order valence-corrected chi connectivity index (χ3v) is 2.24. The number of rotatable bonds is 5. The van der Waals surface area contributed by atoms with E-state index in [1.54, 1.807) is 11.0 Å². The molecule has 0 aromatic carbocycles. The fourth-order valence-corrected chi connectivity index (χ4v) is 1.44. The van der Waals surface area contributed by atoms with Crippen molar-refractivity contribution in [2.75, 3.05) is 32.8 Å². The van der Waals surface area contributed by atoms with Crippen LogP contribution in [0.5, 0.6) is 0 Å². The highest BCUT2D eigenvalue weighted by Gasteiger charge is 2.26. The van der Waals surface area contributed by atoms with Gasteiger partial charge in [-0.3, -0.25) is 9.69 Å². The van der Waals surface area contributed by atoms with Crippen LogP contribution in [0, 0.1) is 0 Å². The van der Waals surface area contributed by atoms with E-state index in [9.17, 15) is 9.59 Å². The first-order chi connectivity index (χ1) is 7.63. The molecule has 90 valence electrons. The van der Waals surface area contributed by atoms with Gasteiger partial charge in [0.1, 0.15) is 0 Å². The van der Waals surface area contributed by atoms with E-state index in [1.807, 2.05) is 0 Å². The fourth-order valence-electron chi connectivity index (χ4n) is 1.44. The number of nitrogens with zero attached hydrogens (tertiary/aromatic N) is 1. The Kier molecular flexibility index (Phi) is 4.94. The largest absolute Gasteiger partial charge is 0.479 e. The van der Waals surface area contributed by atoms with E-state index in [1.165, 1.54) is 0 Å². The van der Waals surface area contributed by atoms with Gasteiger partial charge in [0.25, 0.3) is 0 Å². The molecule has 2 N–H and O–H groups in total. The van der Waals surface area contributed by atoms with Gasteiger partial charge in [0, 0.05) is 19.6 Å². The zero-order valence-corrected chi connectivity index (χ0v) is 9.02. The average molecular weight is 228 g/mol. The maximum atomic E-state index is 11.4. The molecule has 1 atom stereocenters. The SMILES string of the molecule is C=CCNC(=O)CN1CCOC(C(=O)O)C1. The van der Waals surface area contributed by atoms with E-state index in [0.29, 0.717) is 19.7 Å². The van der Waals surface area contributed by atoms with Crippen molar-refractivity contribution in [3.8, 4) is 0 Å². The van der Waals surface area contributed by atoms with E-state index in [2.05, 4.69) is 11.9 Å². The summed E-state index contributed by atoms with van der Waals surface area (Å²) >= 11 is 0. The Morgan fingerprint density at radius 2 is 2.38 bits per heavy atom. The van der Waals surface area contributed by atoms with Crippen LogP contribution in [-0.4, -0.2) is 60.8 Å². The minimum Gasteiger partial charge on any atom is -0.479 e. The number of aliphatic carboxylic acids is 1. The molecule has 6 nitrogen and oxygen atoms in total. The molecule has 1 amide bonds. The summed E-state index contributed by atoms with van der Waals surface area (Å²) in [4.78, 5) is 23.8. The lowest BCUT2D eigenvalue weighted by atomic mass is 10.2. The smallest absolute Gasteiger partial charge is 0.334 e. The average Bonchev–Trinajstić information content (AvgIpc) is 2.26. The van der Waals surface area contributed by atoms with Gasteiger partial charge in [-0.25, -0.2) is 4.79 Å². The standard InChI is InChI=1S/C10H16N2O4/c1-2-3-11-9(13)7-12-4-5-16-8(6-12)10(14)15/h2,8H,1,3-7H2,(H,11,13)(H,14,15). The van der Waals surface area contributed by atoms with Crippen molar-refractivity contribution in [3.63, 3.8) is 0 Å². The van der Waals surface area contributed by atoms with Crippen molar-refractivity contribution in [3.05, 3.63) is 12.7 Å². The van der Waals surface area contributed by atoms with Crippen LogP contribution in [0.1, 0.15) is 0 Å². The lowest BCUT2D eigenvalue weighted by Gasteiger charge is -2.30. The predicted octanol–water partition coefficient (Wildman–Crippen LogP) is -0.926. The topological polar surface area (TPSA) is 78.9 Å². The molecule has 1 aliphatic heterocycles.